The van der Waals surface area contributed by atoms with Crippen molar-refractivity contribution in [1.29, 1.82) is 0 Å². The van der Waals surface area contributed by atoms with Crippen LogP contribution >= 0.6 is 0 Å². The Kier molecular flexibility index (Phi) is 10.9. The Balaban J connectivity index is 1.78. The molecule has 0 aliphatic heterocycles. The molecule has 0 bridgehead atoms. The van der Waals surface area contributed by atoms with Gasteiger partial charge in [-0.25, -0.2) is 0 Å². The molecule has 0 atom stereocenters. The van der Waals surface area contributed by atoms with Crippen LogP contribution in [0.15, 0.2) is 30.3 Å². The van der Waals surface area contributed by atoms with Crippen LogP contribution in [0.1, 0.15) is 76.2 Å². The molecule has 0 N–H and O–H groups in total. The quantitative estimate of drug-likeness (QED) is 0.426. The standard InChI is InChI=1S/C19H29O/c20-18-14-9-7-5-3-1-2-4-6-8-11-15-19-16-12-10-13-17-19/h10,12-13,16-17H,1-9,11,14-15H2. The first kappa shape index (κ1) is 16.9. The monoisotopic (exact) mass is 273 g/mol. The fourth-order valence-corrected chi connectivity index (χ4v) is 2.59. The van der Waals surface area contributed by atoms with Gasteiger partial charge >= 0.3 is 0 Å². The van der Waals surface area contributed by atoms with Gasteiger partial charge in [-0.15, -0.1) is 0 Å². The lowest BCUT2D eigenvalue weighted by Gasteiger charge is -2.03. The summed E-state index contributed by atoms with van der Waals surface area (Å²) < 4.78 is 0. The van der Waals surface area contributed by atoms with Gasteiger partial charge < -0.3 is 0 Å². The van der Waals surface area contributed by atoms with Crippen molar-refractivity contribution in [3.63, 3.8) is 0 Å². The Labute approximate surface area is 124 Å². The van der Waals surface area contributed by atoms with Crippen LogP contribution in [0.4, 0.5) is 0 Å². The van der Waals surface area contributed by atoms with Crippen LogP contribution in [0.2, 0.25) is 0 Å². The third-order valence-electron chi connectivity index (χ3n) is 3.84. The summed E-state index contributed by atoms with van der Waals surface area (Å²) in [4.78, 5) is 10.0. The minimum Gasteiger partial charge on any atom is -0.291 e. The fourth-order valence-electron chi connectivity index (χ4n) is 2.59. The van der Waals surface area contributed by atoms with E-state index in [1.54, 1.807) is 0 Å². The van der Waals surface area contributed by atoms with Gasteiger partial charge in [-0.1, -0.05) is 81.7 Å². The maximum absolute atomic E-state index is 10.0. The molecule has 0 aliphatic carbocycles. The van der Waals surface area contributed by atoms with E-state index in [1.165, 1.54) is 69.8 Å². The SMILES string of the molecule is O=[C]CCCCCCCCCCCCc1ccccc1. The third-order valence-corrected chi connectivity index (χ3v) is 3.84. The van der Waals surface area contributed by atoms with Gasteiger partial charge in [0.15, 0.2) is 6.29 Å². The normalized spacial score (nSPS) is 10.6. The second-order valence-corrected chi connectivity index (χ2v) is 5.67. The molecule has 1 heteroatoms. The van der Waals surface area contributed by atoms with Crippen molar-refractivity contribution < 1.29 is 4.79 Å². The molecule has 0 aromatic heterocycles. The second-order valence-electron chi connectivity index (χ2n) is 5.67. The van der Waals surface area contributed by atoms with Gasteiger partial charge in [0.2, 0.25) is 0 Å². The summed E-state index contributed by atoms with van der Waals surface area (Å²) in [7, 11) is 0. The molecule has 0 saturated heterocycles. The number of hydrogen-bond donors (Lipinski definition) is 0. The Bertz CT molecular complexity index is 318. The molecule has 0 heterocycles. The molecule has 1 nitrogen and oxygen atoms in total. The summed E-state index contributed by atoms with van der Waals surface area (Å²) in [6, 6.07) is 10.8. The predicted octanol–water partition coefficient (Wildman–Crippen LogP) is 5.63. The smallest absolute Gasteiger partial charge is 0.198 e. The zero-order valence-electron chi connectivity index (χ0n) is 12.8. The molecule has 0 spiro atoms. The molecule has 1 aromatic rings. The van der Waals surface area contributed by atoms with Crippen molar-refractivity contribution in [3.05, 3.63) is 35.9 Å². The summed E-state index contributed by atoms with van der Waals surface area (Å²) >= 11 is 0. The van der Waals surface area contributed by atoms with E-state index in [4.69, 9.17) is 0 Å². The Morgan fingerprint density at radius 2 is 1.15 bits per heavy atom. The average molecular weight is 273 g/mol. The lowest BCUT2D eigenvalue weighted by atomic mass is 10.0. The summed E-state index contributed by atoms with van der Waals surface area (Å²) in [5.74, 6) is 0. The first-order valence-corrected chi connectivity index (χ1v) is 8.32. The molecule has 0 saturated carbocycles. The van der Waals surface area contributed by atoms with E-state index in [0.29, 0.717) is 6.42 Å². The van der Waals surface area contributed by atoms with Gasteiger partial charge in [0.05, 0.1) is 0 Å². The fraction of sp³-hybridized carbons (Fsp3) is 0.632. The van der Waals surface area contributed by atoms with Gasteiger partial charge in [-0.3, -0.25) is 4.79 Å². The first-order valence-electron chi connectivity index (χ1n) is 8.32. The van der Waals surface area contributed by atoms with Crippen LogP contribution in [0.3, 0.4) is 0 Å². The minimum absolute atomic E-state index is 0.626. The van der Waals surface area contributed by atoms with E-state index in [2.05, 4.69) is 30.3 Å². The van der Waals surface area contributed by atoms with Crippen LogP contribution in [0, 0.1) is 0 Å². The third kappa shape index (κ3) is 9.77. The van der Waals surface area contributed by atoms with Crippen molar-refractivity contribution in [3.8, 4) is 0 Å². The molecule has 0 unspecified atom stereocenters. The highest BCUT2D eigenvalue weighted by Gasteiger charge is 1.94. The van der Waals surface area contributed by atoms with Crippen LogP contribution in [-0.4, -0.2) is 6.29 Å². The van der Waals surface area contributed by atoms with Gasteiger partial charge in [-0.05, 0) is 24.8 Å². The predicted molar refractivity (Wildman–Crippen MR) is 86.6 cm³/mol. The van der Waals surface area contributed by atoms with Gasteiger partial charge in [0.1, 0.15) is 0 Å². The molecule has 111 valence electrons. The molecule has 0 amide bonds. The molecule has 1 rings (SSSR count). The lowest BCUT2D eigenvalue weighted by Crippen LogP contribution is -1.86. The lowest BCUT2D eigenvalue weighted by molar-refractivity contribution is 0.535. The minimum atomic E-state index is 0.626. The molecule has 20 heavy (non-hydrogen) atoms. The Morgan fingerprint density at radius 3 is 1.70 bits per heavy atom. The zero-order valence-corrected chi connectivity index (χ0v) is 12.8. The van der Waals surface area contributed by atoms with Crippen LogP contribution < -0.4 is 0 Å². The second kappa shape index (κ2) is 12.9. The van der Waals surface area contributed by atoms with Crippen molar-refractivity contribution in [1.82, 2.24) is 0 Å². The number of benzene rings is 1. The van der Waals surface area contributed by atoms with Crippen LogP contribution in [-0.2, 0) is 11.2 Å². The highest BCUT2D eigenvalue weighted by Crippen LogP contribution is 2.12. The number of hydrogen-bond acceptors (Lipinski definition) is 1. The highest BCUT2D eigenvalue weighted by molar-refractivity contribution is 5.50. The average Bonchev–Trinajstić information content (AvgIpc) is 2.49. The van der Waals surface area contributed by atoms with E-state index in [9.17, 15) is 4.79 Å². The van der Waals surface area contributed by atoms with E-state index < -0.39 is 0 Å². The van der Waals surface area contributed by atoms with Crippen molar-refractivity contribution in [2.45, 2.75) is 77.0 Å². The maximum atomic E-state index is 10.0. The molecule has 1 radical (unpaired) electrons. The van der Waals surface area contributed by atoms with Crippen LogP contribution in [0.25, 0.3) is 0 Å². The highest BCUT2D eigenvalue weighted by atomic mass is 16.1. The van der Waals surface area contributed by atoms with Gasteiger partial charge in [0.25, 0.3) is 0 Å². The largest absolute Gasteiger partial charge is 0.291 e. The number of rotatable bonds is 13. The summed E-state index contributed by atoms with van der Waals surface area (Å²) in [5, 5.41) is 0. The Morgan fingerprint density at radius 1 is 0.650 bits per heavy atom. The van der Waals surface area contributed by atoms with E-state index in [1.807, 2.05) is 6.29 Å². The van der Waals surface area contributed by atoms with Crippen LogP contribution in [0.5, 0.6) is 0 Å². The number of carbonyl (C=O) groups excluding carboxylic acids is 1. The molecule has 1 aromatic carbocycles. The molecule has 0 fully saturated rings. The summed E-state index contributed by atoms with van der Waals surface area (Å²) in [5.41, 5.74) is 1.47. The van der Waals surface area contributed by atoms with E-state index in [-0.39, 0.29) is 0 Å². The van der Waals surface area contributed by atoms with Gasteiger partial charge in [0, 0.05) is 6.42 Å². The number of unbranched alkanes of at least 4 members (excludes halogenated alkanes) is 10. The molecule has 0 aliphatic rings. The van der Waals surface area contributed by atoms with Crippen molar-refractivity contribution in [2.24, 2.45) is 0 Å². The molecular weight excluding hydrogens is 244 g/mol. The summed E-state index contributed by atoms with van der Waals surface area (Å²) in [6.07, 6.45) is 16.9. The van der Waals surface area contributed by atoms with E-state index in [0.717, 1.165) is 6.42 Å². The first-order chi connectivity index (χ1) is 9.93. The summed E-state index contributed by atoms with van der Waals surface area (Å²) in [6.45, 7) is 0. The van der Waals surface area contributed by atoms with E-state index >= 15 is 0 Å². The van der Waals surface area contributed by atoms with Crippen molar-refractivity contribution >= 4 is 6.29 Å². The van der Waals surface area contributed by atoms with Crippen molar-refractivity contribution in [2.75, 3.05) is 0 Å². The number of aryl methyl sites for hydroxylation is 1. The maximum Gasteiger partial charge on any atom is 0.198 e. The topological polar surface area (TPSA) is 17.1 Å². The zero-order chi connectivity index (χ0) is 14.3. The Hall–Kier alpha value is -1.11. The molecular formula is C19H29O. The van der Waals surface area contributed by atoms with Gasteiger partial charge in [-0.2, -0.15) is 0 Å².